The molecule has 2 aromatic rings. The molecule has 1 amide bonds. The minimum Gasteiger partial charge on any atom is -0.449 e. The molecule has 33 heavy (non-hydrogen) atoms. The molecule has 2 aromatic carbocycles. The molecule has 0 radical (unpaired) electrons. The summed E-state index contributed by atoms with van der Waals surface area (Å²) in [5.41, 5.74) is -0.328. The summed E-state index contributed by atoms with van der Waals surface area (Å²) >= 11 is 0. The van der Waals surface area contributed by atoms with Crippen LogP contribution in [0.4, 0.5) is 14.5 Å². The zero-order chi connectivity index (χ0) is 24.2. The number of benzene rings is 2. The lowest BCUT2D eigenvalue weighted by Gasteiger charge is -2.30. The molecule has 1 aliphatic rings. The number of ether oxygens (including phenoxy) is 1. The predicted octanol–water partition coefficient (Wildman–Crippen LogP) is 4.10. The molecule has 1 saturated carbocycles. The Morgan fingerprint density at radius 1 is 1.06 bits per heavy atom. The third-order valence-corrected chi connectivity index (χ3v) is 7.62. The number of hydrogen-bond donors (Lipinski definition) is 1. The highest BCUT2D eigenvalue weighted by molar-refractivity contribution is 7.89. The Labute approximate surface area is 191 Å². The molecule has 178 valence electrons. The van der Waals surface area contributed by atoms with Crippen LogP contribution in [0, 0.1) is 11.6 Å². The molecule has 0 saturated heterocycles. The molecule has 0 aromatic heterocycles. The lowest BCUT2D eigenvalue weighted by molar-refractivity contribution is -0.123. The van der Waals surface area contributed by atoms with Gasteiger partial charge in [0.25, 0.3) is 5.91 Å². The van der Waals surface area contributed by atoms with Crippen molar-refractivity contribution in [1.29, 1.82) is 0 Å². The first-order chi connectivity index (χ1) is 15.6. The number of amides is 1. The summed E-state index contributed by atoms with van der Waals surface area (Å²) in [6, 6.07) is 7.78. The van der Waals surface area contributed by atoms with Crippen molar-refractivity contribution in [2.24, 2.45) is 0 Å². The van der Waals surface area contributed by atoms with Crippen LogP contribution in [0.5, 0.6) is 0 Å². The van der Waals surface area contributed by atoms with Crippen molar-refractivity contribution >= 4 is 27.6 Å². The van der Waals surface area contributed by atoms with E-state index in [1.807, 2.05) is 0 Å². The number of hydrogen-bond acceptors (Lipinski definition) is 5. The Morgan fingerprint density at radius 2 is 1.70 bits per heavy atom. The second kappa shape index (κ2) is 10.4. The predicted molar refractivity (Wildman–Crippen MR) is 118 cm³/mol. The maximum atomic E-state index is 13.7. The second-order valence-corrected chi connectivity index (χ2v) is 10.00. The Hall–Kier alpha value is -2.85. The topological polar surface area (TPSA) is 92.8 Å². The Morgan fingerprint density at radius 3 is 2.33 bits per heavy atom. The van der Waals surface area contributed by atoms with Gasteiger partial charge in [-0.3, -0.25) is 4.79 Å². The van der Waals surface area contributed by atoms with Gasteiger partial charge in [0.2, 0.25) is 10.0 Å². The molecule has 1 atom stereocenters. The van der Waals surface area contributed by atoms with Crippen LogP contribution in [0.25, 0.3) is 0 Å². The number of nitrogens with one attached hydrogen (secondary N) is 1. The highest BCUT2D eigenvalue weighted by atomic mass is 32.2. The van der Waals surface area contributed by atoms with Gasteiger partial charge in [-0.2, -0.15) is 4.31 Å². The average Bonchev–Trinajstić information content (AvgIpc) is 2.81. The first-order valence-corrected chi connectivity index (χ1v) is 12.1. The van der Waals surface area contributed by atoms with Crippen LogP contribution in [0.15, 0.2) is 47.4 Å². The maximum Gasteiger partial charge on any atom is 0.338 e. The summed E-state index contributed by atoms with van der Waals surface area (Å²) < 4.78 is 59.2. The quantitative estimate of drug-likeness (QED) is 0.603. The molecule has 0 bridgehead atoms. The van der Waals surface area contributed by atoms with Crippen LogP contribution in [0.1, 0.15) is 49.4 Å². The van der Waals surface area contributed by atoms with E-state index in [-0.39, 0.29) is 22.2 Å². The van der Waals surface area contributed by atoms with Gasteiger partial charge >= 0.3 is 5.97 Å². The summed E-state index contributed by atoms with van der Waals surface area (Å²) in [5.74, 6) is -3.28. The van der Waals surface area contributed by atoms with Gasteiger partial charge < -0.3 is 10.1 Å². The average molecular weight is 481 g/mol. The lowest BCUT2D eigenvalue weighted by atomic mass is 9.96. The van der Waals surface area contributed by atoms with Crippen LogP contribution >= 0.6 is 0 Å². The number of halogens is 2. The number of nitrogens with zero attached hydrogens (tertiary/aromatic N) is 1. The molecule has 7 nitrogen and oxygen atoms in total. The first-order valence-electron chi connectivity index (χ1n) is 10.6. The number of anilines is 1. The van der Waals surface area contributed by atoms with Gasteiger partial charge in [0.1, 0.15) is 11.6 Å². The molecule has 1 N–H and O–H groups in total. The summed E-state index contributed by atoms with van der Waals surface area (Å²) in [7, 11) is -2.14. The fraction of sp³-hybridized carbons (Fsp3) is 0.391. The summed E-state index contributed by atoms with van der Waals surface area (Å²) in [4.78, 5) is 24.6. The fourth-order valence-electron chi connectivity index (χ4n) is 3.68. The van der Waals surface area contributed by atoms with Crippen LogP contribution in [-0.4, -0.2) is 43.8 Å². The number of carbonyl (C=O) groups excluding carboxylic acids is 2. The third kappa shape index (κ3) is 5.94. The van der Waals surface area contributed by atoms with Crippen molar-refractivity contribution < 1.29 is 31.5 Å². The summed E-state index contributed by atoms with van der Waals surface area (Å²) in [6.45, 7) is 1.28. The zero-order valence-electron chi connectivity index (χ0n) is 18.4. The third-order valence-electron chi connectivity index (χ3n) is 5.70. The summed E-state index contributed by atoms with van der Waals surface area (Å²) in [5, 5.41) is 2.16. The molecule has 10 heteroatoms. The van der Waals surface area contributed by atoms with Crippen LogP contribution < -0.4 is 5.32 Å². The fourth-order valence-corrected chi connectivity index (χ4v) is 5.10. The smallest absolute Gasteiger partial charge is 0.338 e. The Bertz CT molecular complexity index is 1120. The van der Waals surface area contributed by atoms with E-state index in [1.165, 1.54) is 35.5 Å². The maximum absolute atomic E-state index is 13.7. The van der Waals surface area contributed by atoms with E-state index in [2.05, 4.69) is 5.32 Å². The van der Waals surface area contributed by atoms with Gasteiger partial charge in [-0.1, -0.05) is 19.3 Å². The normalized spacial score (nSPS) is 15.8. The van der Waals surface area contributed by atoms with Gasteiger partial charge in [0.05, 0.1) is 16.1 Å². The first kappa shape index (κ1) is 24.8. The Balaban J connectivity index is 1.63. The Kier molecular flexibility index (Phi) is 7.80. The number of sulfonamides is 1. The SMILES string of the molecule is CC(OC(=O)c1ccc(S(=O)(=O)N(C)C2CCCCC2)cc1)C(=O)Nc1cc(F)ccc1F. The van der Waals surface area contributed by atoms with Crippen molar-refractivity contribution in [3.05, 3.63) is 59.7 Å². The lowest BCUT2D eigenvalue weighted by Crippen LogP contribution is -2.38. The van der Waals surface area contributed by atoms with Gasteiger partial charge in [0.15, 0.2) is 6.10 Å². The van der Waals surface area contributed by atoms with Crippen molar-refractivity contribution in [3.63, 3.8) is 0 Å². The highest BCUT2D eigenvalue weighted by Crippen LogP contribution is 2.26. The van der Waals surface area contributed by atoms with Crippen LogP contribution in [0.3, 0.4) is 0 Å². The van der Waals surface area contributed by atoms with E-state index in [0.29, 0.717) is 0 Å². The zero-order valence-corrected chi connectivity index (χ0v) is 19.2. The number of rotatable bonds is 7. The molecule has 1 aliphatic carbocycles. The molecular formula is C23H26F2N2O5S. The van der Waals surface area contributed by atoms with Gasteiger partial charge in [-0.15, -0.1) is 0 Å². The van der Waals surface area contributed by atoms with E-state index in [9.17, 15) is 26.8 Å². The molecule has 0 heterocycles. The van der Waals surface area contributed by atoms with Crippen molar-refractivity contribution in [3.8, 4) is 0 Å². The number of esters is 1. The molecule has 1 fully saturated rings. The van der Waals surface area contributed by atoms with E-state index in [0.717, 1.165) is 50.3 Å². The van der Waals surface area contributed by atoms with Crippen molar-refractivity contribution in [1.82, 2.24) is 4.31 Å². The molecule has 1 unspecified atom stereocenters. The molecular weight excluding hydrogens is 454 g/mol. The van der Waals surface area contributed by atoms with Crippen LogP contribution in [0.2, 0.25) is 0 Å². The summed E-state index contributed by atoms with van der Waals surface area (Å²) in [6.07, 6.45) is 3.43. The van der Waals surface area contributed by atoms with Gasteiger partial charge in [-0.25, -0.2) is 22.0 Å². The highest BCUT2D eigenvalue weighted by Gasteiger charge is 2.29. The van der Waals surface area contributed by atoms with Crippen molar-refractivity contribution in [2.45, 2.75) is 56.1 Å². The molecule has 0 aliphatic heterocycles. The van der Waals surface area contributed by atoms with E-state index in [1.54, 1.807) is 7.05 Å². The van der Waals surface area contributed by atoms with Crippen LogP contribution in [-0.2, 0) is 19.6 Å². The van der Waals surface area contributed by atoms with E-state index in [4.69, 9.17) is 4.74 Å². The monoisotopic (exact) mass is 480 g/mol. The second-order valence-electron chi connectivity index (χ2n) is 8.00. The van der Waals surface area contributed by atoms with Gasteiger partial charge in [-0.05, 0) is 56.2 Å². The number of carbonyl (C=O) groups is 2. The van der Waals surface area contributed by atoms with E-state index >= 15 is 0 Å². The van der Waals surface area contributed by atoms with Gasteiger partial charge in [0, 0.05) is 19.2 Å². The minimum absolute atomic E-state index is 0.0457. The van der Waals surface area contributed by atoms with Crippen molar-refractivity contribution in [2.75, 3.05) is 12.4 Å². The molecule has 0 spiro atoms. The standard InChI is InChI=1S/C23H26F2N2O5S/c1-15(22(28)26-21-14-17(24)10-13-20(21)25)32-23(29)16-8-11-19(12-9-16)33(30,31)27(2)18-6-4-3-5-7-18/h8-15,18H,3-7H2,1-2H3,(H,26,28). The minimum atomic E-state index is -3.71. The largest absolute Gasteiger partial charge is 0.449 e. The van der Waals surface area contributed by atoms with E-state index < -0.39 is 39.6 Å². The molecule has 3 rings (SSSR count).